The third-order valence-electron chi connectivity index (χ3n) is 2.95. The van der Waals surface area contributed by atoms with Crippen LogP contribution in [0.25, 0.3) is 10.9 Å². The van der Waals surface area contributed by atoms with E-state index in [1.807, 2.05) is 18.2 Å². The second kappa shape index (κ2) is 3.28. The van der Waals surface area contributed by atoms with Crippen LogP contribution in [-0.4, -0.2) is 11.0 Å². The predicted molar refractivity (Wildman–Crippen MR) is 62.6 cm³/mol. The van der Waals surface area contributed by atoms with Gasteiger partial charge in [0.05, 0.1) is 0 Å². The molecule has 3 nitrogen and oxygen atoms in total. The molecule has 3 heteroatoms. The SMILES string of the molecule is Nc1ccc2[nH]cc(CNC3CC3)c2c1. The highest BCUT2D eigenvalue weighted by molar-refractivity contribution is 5.86. The van der Waals surface area contributed by atoms with Crippen LogP contribution in [-0.2, 0) is 6.54 Å². The highest BCUT2D eigenvalue weighted by Crippen LogP contribution is 2.23. The molecule has 1 aliphatic rings. The number of hydrogen-bond donors (Lipinski definition) is 3. The van der Waals surface area contributed by atoms with Gasteiger partial charge in [-0.1, -0.05) is 0 Å². The maximum Gasteiger partial charge on any atom is 0.0458 e. The summed E-state index contributed by atoms with van der Waals surface area (Å²) in [6.07, 6.45) is 4.72. The van der Waals surface area contributed by atoms with Gasteiger partial charge in [-0.2, -0.15) is 0 Å². The van der Waals surface area contributed by atoms with E-state index in [4.69, 9.17) is 5.73 Å². The zero-order chi connectivity index (χ0) is 10.3. The van der Waals surface area contributed by atoms with E-state index in [2.05, 4.69) is 16.5 Å². The molecule has 3 rings (SSSR count). The van der Waals surface area contributed by atoms with Crippen LogP contribution in [0.2, 0.25) is 0 Å². The summed E-state index contributed by atoms with van der Waals surface area (Å²) >= 11 is 0. The first kappa shape index (κ1) is 8.80. The highest BCUT2D eigenvalue weighted by atomic mass is 14.9. The van der Waals surface area contributed by atoms with Crippen LogP contribution in [0.15, 0.2) is 24.4 Å². The molecule has 1 aromatic carbocycles. The lowest BCUT2D eigenvalue weighted by Crippen LogP contribution is -2.14. The molecule has 1 aromatic heterocycles. The topological polar surface area (TPSA) is 53.8 Å². The molecule has 0 unspecified atom stereocenters. The van der Waals surface area contributed by atoms with Gasteiger partial charge in [-0.25, -0.2) is 0 Å². The van der Waals surface area contributed by atoms with Crippen LogP contribution in [0, 0.1) is 0 Å². The standard InChI is InChI=1S/C12H15N3/c13-9-1-4-12-11(5-9)8(7-15-12)6-14-10-2-3-10/h1,4-5,7,10,14-15H,2-3,6,13H2. The molecule has 0 spiro atoms. The number of benzene rings is 1. The minimum Gasteiger partial charge on any atom is -0.399 e. The third kappa shape index (κ3) is 1.70. The van der Waals surface area contributed by atoms with Crippen LogP contribution < -0.4 is 11.1 Å². The van der Waals surface area contributed by atoms with Gasteiger partial charge in [-0.3, -0.25) is 0 Å². The van der Waals surface area contributed by atoms with Crippen molar-refractivity contribution in [1.82, 2.24) is 10.3 Å². The summed E-state index contributed by atoms with van der Waals surface area (Å²) in [5, 5.41) is 4.75. The van der Waals surface area contributed by atoms with Gasteiger partial charge < -0.3 is 16.0 Å². The van der Waals surface area contributed by atoms with Crippen molar-refractivity contribution in [3.05, 3.63) is 30.0 Å². The molecular weight excluding hydrogens is 186 g/mol. The average molecular weight is 201 g/mol. The summed E-state index contributed by atoms with van der Waals surface area (Å²) in [5.41, 5.74) is 9.09. The molecule has 1 heterocycles. The smallest absolute Gasteiger partial charge is 0.0458 e. The largest absolute Gasteiger partial charge is 0.399 e. The number of anilines is 1. The van der Waals surface area contributed by atoms with Crippen molar-refractivity contribution < 1.29 is 0 Å². The summed E-state index contributed by atoms with van der Waals surface area (Å²) in [4.78, 5) is 3.26. The first-order chi connectivity index (χ1) is 7.33. The zero-order valence-corrected chi connectivity index (χ0v) is 8.59. The lowest BCUT2D eigenvalue weighted by atomic mass is 10.1. The molecule has 1 fully saturated rings. The Kier molecular flexibility index (Phi) is 1.92. The van der Waals surface area contributed by atoms with E-state index in [-0.39, 0.29) is 0 Å². The summed E-state index contributed by atoms with van der Waals surface area (Å²) in [5.74, 6) is 0. The average Bonchev–Trinajstić information content (AvgIpc) is 2.97. The minimum absolute atomic E-state index is 0.746. The molecule has 0 bridgehead atoms. The second-order valence-electron chi connectivity index (χ2n) is 4.27. The molecule has 0 aliphatic heterocycles. The molecule has 1 aliphatic carbocycles. The van der Waals surface area contributed by atoms with Crippen molar-refractivity contribution in [2.24, 2.45) is 0 Å². The Hall–Kier alpha value is -1.48. The van der Waals surface area contributed by atoms with Gasteiger partial charge in [0.25, 0.3) is 0 Å². The van der Waals surface area contributed by atoms with Crippen LogP contribution in [0.5, 0.6) is 0 Å². The molecule has 0 radical (unpaired) electrons. The van der Waals surface area contributed by atoms with Gasteiger partial charge in [-0.15, -0.1) is 0 Å². The number of rotatable bonds is 3. The number of nitrogens with one attached hydrogen (secondary N) is 2. The fourth-order valence-corrected chi connectivity index (χ4v) is 1.88. The monoisotopic (exact) mass is 201 g/mol. The van der Waals surface area contributed by atoms with Gasteiger partial charge in [-0.05, 0) is 36.6 Å². The lowest BCUT2D eigenvalue weighted by molar-refractivity contribution is 0.691. The first-order valence-electron chi connectivity index (χ1n) is 5.42. The third-order valence-corrected chi connectivity index (χ3v) is 2.95. The number of aromatic nitrogens is 1. The van der Waals surface area contributed by atoms with Crippen LogP contribution in [0.4, 0.5) is 5.69 Å². The molecular formula is C12H15N3. The Balaban J connectivity index is 1.91. The van der Waals surface area contributed by atoms with Gasteiger partial charge >= 0.3 is 0 Å². The molecule has 15 heavy (non-hydrogen) atoms. The van der Waals surface area contributed by atoms with E-state index in [1.54, 1.807) is 0 Å². The Morgan fingerprint density at radius 2 is 2.27 bits per heavy atom. The number of H-pyrrole nitrogens is 1. The Morgan fingerprint density at radius 3 is 3.07 bits per heavy atom. The van der Waals surface area contributed by atoms with Crippen LogP contribution >= 0.6 is 0 Å². The fourth-order valence-electron chi connectivity index (χ4n) is 1.88. The summed E-state index contributed by atoms with van der Waals surface area (Å²) < 4.78 is 0. The van der Waals surface area contributed by atoms with E-state index in [9.17, 15) is 0 Å². The fraction of sp³-hybridized carbons (Fsp3) is 0.333. The maximum atomic E-state index is 5.79. The van der Waals surface area contributed by atoms with Gasteiger partial charge in [0.15, 0.2) is 0 Å². The van der Waals surface area contributed by atoms with Crippen molar-refractivity contribution in [2.75, 3.05) is 5.73 Å². The molecule has 0 atom stereocenters. The number of hydrogen-bond acceptors (Lipinski definition) is 2. The summed E-state index contributed by atoms with van der Waals surface area (Å²) in [6, 6.07) is 6.74. The quantitative estimate of drug-likeness (QED) is 0.665. The van der Waals surface area contributed by atoms with E-state index in [0.717, 1.165) is 23.8 Å². The first-order valence-corrected chi connectivity index (χ1v) is 5.42. The van der Waals surface area contributed by atoms with Crippen molar-refractivity contribution in [1.29, 1.82) is 0 Å². The number of aromatic amines is 1. The molecule has 4 N–H and O–H groups in total. The zero-order valence-electron chi connectivity index (χ0n) is 8.59. The summed E-state index contributed by atoms with van der Waals surface area (Å²) in [6.45, 7) is 0.939. The second-order valence-corrected chi connectivity index (χ2v) is 4.27. The van der Waals surface area contributed by atoms with E-state index < -0.39 is 0 Å². The number of nitrogens with two attached hydrogens (primary N) is 1. The van der Waals surface area contributed by atoms with Gasteiger partial charge in [0.1, 0.15) is 0 Å². The van der Waals surface area contributed by atoms with Gasteiger partial charge in [0.2, 0.25) is 0 Å². The maximum absolute atomic E-state index is 5.79. The molecule has 1 saturated carbocycles. The van der Waals surface area contributed by atoms with Crippen molar-refractivity contribution in [3.8, 4) is 0 Å². The van der Waals surface area contributed by atoms with E-state index in [0.29, 0.717) is 0 Å². The van der Waals surface area contributed by atoms with Crippen molar-refractivity contribution in [3.63, 3.8) is 0 Å². The van der Waals surface area contributed by atoms with Crippen molar-refractivity contribution in [2.45, 2.75) is 25.4 Å². The Bertz CT molecular complexity index is 483. The normalized spacial score (nSPS) is 16.0. The van der Waals surface area contributed by atoms with Crippen LogP contribution in [0.1, 0.15) is 18.4 Å². The number of fused-ring (bicyclic) bond motifs is 1. The molecule has 2 aromatic rings. The van der Waals surface area contributed by atoms with E-state index >= 15 is 0 Å². The lowest BCUT2D eigenvalue weighted by Gasteiger charge is -2.01. The van der Waals surface area contributed by atoms with Crippen molar-refractivity contribution >= 4 is 16.6 Å². The van der Waals surface area contributed by atoms with E-state index in [1.165, 1.54) is 23.8 Å². The molecule has 78 valence electrons. The minimum atomic E-state index is 0.746. The molecule has 0 saturated heterocycles. The Labute approximate surface area is 88.7 Å². The highest BCUT2D eigenvalue weighted by Gasteiger charge is 2.20. The summed E-state index contributed by atoms with van der Waals surface area (Å²) in [7, 11) is 0. The predicted octanol–water partition coefficient (Wildman–Crippen LogP) is 2.00. The molecule has 0 amide bonds. The van der Waals surface area contributed by atoms with Crippen LogP contribution in [0.3, 0.4) is 0 Å². The van der Waals surface area contributed by atoms with Gasteiger partial charge in [0, 0.05) is 35.4 Å². The number of nitrogen functional groups attached to an aromatic ring is 1. The Morgan fingerprint density at radius 1 is 1.40 bits per heavy atom.